The monoisotopic (exact) mass is 198 g/mol. The minimum atomic E-state index is 0.361. The lowest BCUT2D eigenvalue weighted by Gasteiger charge is -2.10. The minimum Gasteiger partial charge on any atom is -0.383 e. The number of nitrogens with zero attached hydrogens (tertiary/aromatic N) is 3. The van der Waals surface area contributed by atoms with Crippen molar-refractivity contribution in [3.63, 3.8) is 0 Å². The predicted octanol–water partition coefficient (Wildman–Crippen LogP) is 0.507. The molecule has 0 atom stereocenters. The smallest absolute Gasteiger partial charge is 0.146 e. The van der Waals surface area contributed by atoms with Gasteiger partial charge in [0.15, 0.2) is 0 Å². The van der Waals surface area contributed by atoms with Crippen molar-refractivity contribution >= 4 is 0 Å². The third-order valence-electron chi connectivity index (χ3n) is 2.07. The van der Waals surface area contributed by atoms with Gasteiger partial charge < -0.3 is 15.0 Å². The predicted molar refractivity (Wildman–Crippen MR) is 53.9 cm³/mol. The van der Waals surface area contributed by atoms with Crippen LogP contribution in [-0.2, 0) is 17.8 Å². The third kappa shape index (κ3) is 2.30. The fourth-order valence-electron chi connectivity index (χ4n) is 1.35. The van der Waals surface area contributed by atoms with Crippen LogP contribution < -0.4 is 5.73 Å². The van der Waals surface area contributed by atoms with E-state index in [9.17, 15) is 0 Å². The number of methoxy groups -OCH3 is 1. The van der Waals surface area contributed by atoms with Gasteiger partial charge >= 0.3 is 0 Å². The first-order valence-electron chi connectivity index (χ1n) is 4.81. The van der Waals surface area contributed by atoms with Crippen LogP contribution in [0.25, 0.3) is 0 Å². The van der Waals surface area contributed by atoms with E-state index >= 15 is 0 Å². The van der Waals surface area contributed by atoms with E-state index in [2.05, 4.69) is 24.0 Å². The standard InChI is InChI=1S/C9H18N4O/c1-7(2)9-12-11-8(6-10)13(9)4-5-14-3/h7H,4-6,10H2,1-3H3. The molecule has 0 aromatic carbocycles. The van der Waals surface area contributed by atoms with Crippen LogP contribution in [0.4, 0.5) is 0 Å². The summed E-state index contributed by atoms with van der Waals surface area (Å²) >= 11 is 0. The Labute approximate surface area is 84.3 Å². The van der Waals surface area contributed by atoms with Crippen LogP contribution >= 0.6 is 0 Å². The number of hydrogen-bond donors (Lipinski definition) is 1. The Morgan fingerprint density at radius 2 is 2.14 bits per heavy atom. The molecule has 80 valence electrons. The van der Waals surface area contributed by atoms with Crippen LogP contribution in [0.3, 0.4) is 0 Å². The van der Waals surface area contributed by atoms with Crippen LogP contribution in [0.5, 0.6) is 0 Å². The molecule has 0 aliphatic carbocycles. The molecular weight excluding hydrogens is 180 g/mol. The van der Waals surface area contributed by atoms with Crippen molar-refractivity contribution in [2.45, 2.75) is 32.9 Å². The number of ether oxygens (including phenoxy) is 1. The summed E-state index contributed by atoms with van der Waals surface area (Å²) in [4.78, 5) is 0. The Balaban J connectivity index is 2.88. The molecule has 1 aromatic heterocycles. The van der Waals surface area contributed by atoms with E-state index in [-0.39, 0.29) is 0 Å². The maximum atomic E-state index is 5.57. The molecule has 14 heavy (non-hydrogen) atoms. The Hall–Kier alpha value is -0.940. The van der Waals surface area contributed by atoms with Crippen LogP contribution in [-0.4, -0.2) is 28.5 Å². The zero-order valence-corrected chi connectivity index (χ0v) is 9.03. The van der Waals surface area contributed by atoms with Crippen molar-refractivity contribution in [1.82, 2.24) is 14.8 Å². The summed E-state index contributed by atoms with van der Waals surface area (Å²) in [6.07, 6.45) is 0. The van der Waals surface area contributed by atoms with Crippen molar-refractivity contribution in [2.75, 3.05) is 13.7 Å². The number of hydrogen-bond acceptors (Lipinski definition) is 4. The molecule has 5 nitrogen and oxygen atoms in total. The summed E-state index contributed by atoms with van der Waals surface area (Å²) in [6.45, 7) is 6.03. The first-order valence-corrected chi connectivity index (χ1v) is 4.81. The lowest BCUT2D eigenvalue weighted by Crippen LogP contribution is -2.14. The Bertz CT molecular complexity index is 282. The summed E-state index contributed by atoms with van der Waals surface area (Å²) < 4.78 is 7.07. The Morgan fingerprint density at radius 1 is 1.43 bits per heavy atom. The first kappa shape index (κ1) is 11.1. The van der Waals surface area contributed by atoms with Crippen LogP contribution in [0.15, 0.2) is 0 Å². The van der Waals surface area contributed by atoms with Gasteiger partial charge in [0.05, 0.1) is 13.2 Å². The van der Waals surface area contributed by atoms with Gasteiger partial charge in [-0.2, -0.15) is 0 Å². The lowest BCUT2D eigenvalue weighted by atomic mass is 10.2. The Kier molecular flexibility index (Phi) is 4.03. The van der Waals surface area contributed by atoms with Crippen molar-refractivity contribution in [3.8, 4) is 0 Å². The number of aromatic nitrogens is 3. The molecule has 0 spiro atoms. The van der Waals surface area contributed by atoms with Gasteiger partial charge in [-0.25, -0.2) is 0 Å². The van der Waals surface area contributed by atoms with Gasteiger partial charge in [-0.15, -0.1) is 10.2 Å². The summed E-state index contributed by atoms with van der Waals surface area (Å²) in [6, 6.07) is 0. The number of rotatable bonds is 5. The maximum absolute atomic E-state index is 5.57. The van der Waals surface area contributed by atoms with E-state index in [1.165, 1.54) is 0 Å². The maximum Gasteiger partial charge on any atom is 0.146 e. The highest BCUT2D eigenvalue weighted by molar-refractivity contribution is 4.99. The van der Waals surface area contributed by atoms with E-state index in [1.54, 1.807) is 7.11 Å². The highest BCUT2D eigenvalue weighted by atomic mass is 16.5. The van der Waals surface area contributed by atoms with Crippen molar-refractivity contribution in [2.24, 2.45) is 5.73 Å². The van der Waals surface area contributed by atoms with E-state index in [0.717, 1.165) is 18.2 Å². The number of nitrogens with two attached hydrogens (primary N) is 1. The molecule has 0 aliphatic heterocycles. The van der Waals surface area contributed by atoms with Gasteiger partial charge in [-0.05, 0) is 0 Å². The molecular formula is C9H18N4O. The van der Waals surface area contributed by atoms with Gasteiger partial charge in [0.25, 0.3) is 0 Å². The lowest BCUT2D eigenvalue weighted by molar-refractivity contribution is 0.185. The molecule has 1 heterocycles. The molecule has 1 aromatic rings. The van der Waals surface area contributed by atoms with Crippen molar-refractivity contribution < 1.29 is 4.74 Å². The summed E-state index contributed by atoms with van der Waals surface area (Å²) in [5, 5.41) is 8.16. The van der Waals surface area contributed by atoms with E-state index < -0.39 is 0 Å². The average molecular weight is 198 g/mol. The SMILES string of the molecule is COCCn1c(CN)nnc1C(C)C. The van der Waals surface area contributed by atoms with Gasteiger partial charge in [0.1, 0.15) is 11.6 Å². The topological polar surface area (TPSA) is 66.0 Å². The van der Waals surface area contributed by atoms with Crippen LogP contribution in [0.2, 0.25) is 0 Å². The van der Waals surface area contributed by atoms with E-state index in [1.807, 2.05) is 4.57 Å². The van der Waals surface area contributed by atoms with Crippen LogP contribution in [0, 0.1) is 0 Å². The highest BCUT2D eigenvalue weighted by Crippen LogP contribution is 2.12. The van der Waals surface area contributed by atoms with Crippen molar-refractivity contribution in [3.05, 3.63) is 11.6 Å². The van der Waals surface area contributed by atoms with E-state index in [0.29, 0.717) is 19.1 Å². The van der Waals surface area contributed by atoms with Gasteiger partial charge in [-0.1, -0.05) is 13.8 Å². The Morgan fingerprint density at radius 3 is 2.64 bits per heavy atom. The molecule has 1 rings (SSSR count). The normalized spacial score (nSPS) is 11.2. The summed E-state index contributed by atoms with van der Waals surface area (Å²) in [7, 11) is 1.68. The quantitative estimate of drug-likeness (QED) is 0.748. The second-order valence-corrected chi connectivity index (χ2v) is 3.48. The second-order valence-electron chi connectivity index (χ2n) is 3.48. The summed E-state index contributed by atoms with van der Waals surface area (Å²) in [5.74, 6) is 2.16. The van der Waals surface area contributed by atoms with E-state index in [4.69, 9.17) is 10.5 Å². The third-order valence-corrected chi connectivity index (χ3v) is 2.07. The zero-order chi connectivity index (χ0) is 10.6. The van der Waals surface area contributed by atoms with Gasteiger partial charge in [0, 0.05) is 19.6 Å². The van der Waals surface area contributed by atoms with Gasteiger partial charge in [0.2, 0.25) is 0 Å². The molecule has 0 aliphatic rings. The zero-order valence-electron chi connectivity index (χ0n) is 9.03. The molecule has 5 heteroatoms. The van der Waals surface area contributed by atoms with Gasteiger partial charge in [-0.3, -0.25) is 0 Å². The minimum absolute atomic E-state index is 0.361. The molecule has 0 fully saturated rings. The second kappa shape index (κ2) is 5.07. The first-order chi connectivity index (χ1) is 6.70. The molecule has 0 saturated heterocycles. The molecule has 0 bridgehead atoms. The molecule has 0 radical (unpaired) electrons. The van der Waals surface area contributed by atoms with Crippen molar-refractivity contribution in [1.29, 1.82) is 0 Å². The average Bonchev–Trinajstić information content (AvgIpc) is 2.57. The highest BCUT2D eigenvalue weighted by Gasteiger charge is 2.12. The molecule has 0 unspecified atom stereocenters. The molecule has 2 N–H and O–H groups in total. The largest absolute Gasteiger partial charge is 0.383 e. The molecule has 0 saturated carbocycles. The van der Waals surface area contributed by atoms with Crippen LogP contribution in [0.1, 0.15) is 31.4 Å². The molecule has 0 amide bonds. The fraction of sp³-hybridized carbons (Fsp3) is 0.778. The summed E-state index contributed by atoms with van der Waals surface area (Å²) in [5.41, 5.74) is 5.57. The fourth-order valence-corrected chi connectivity index (χ4v) is 1.35.